The van der Waals surface area contributed by atoms with Gasteiger partial charge in [0.1, 0.15) is 6.07 Å². The molecule has 1 saturated heterocycles. The number of anilines is 1. The van der Waals surface area contributed by atoms with E-state index >= 15 is 0 Å². The second-order valence-electron chi connectivity index (χ2n) is 10.8. The van der Waals surface area contributed by atoms with Gasteiger partial charge in [-0.2, -0.15) is 5.26 Å². The first kappa shape index (κ1) is 25.6. The van der Waals surface area contributed by atoms with Gasteiger partial charge in [-0.25, -0.2) is 4.98 Å². The van der Waals surface area contributed by atoms with Crippen LogP contribution in [-0.4, -0.2) is 70.3 Å². The molecule has 4 rings (SSSR count). The Morgan fingerprint density at radius 3 is 2.61 bits per heavy atom. The molecular weight excluding hydrogens is 454 g/mol. The fraction of sp³-hybridized carbons (Fsp3) is 0.519. The number of hydrogen-bond donors (Lipinski definition) is 2. The van der Waals surface area contributed by atoms with Crippen molar-refractivity contribution in [2.75, 3.05) is 39.0 Å². The predicted molar refractivity (Wildman–Crippen MR) is 138 cm³/mol. The van der Waals surface area contributed by atoms with E-state index in [9.17, 15) is 9.59 Å². The van der Waals surface area contributed by atoms with E-state index < -0.39 is 5.91 Å². The summed E-state index contributed by atoms with van der Waals surface area (Å²) in [5, 5.41) is 12.0. The molecule has 190 valence electrons. The van der Waals surface area contributed by atoms with Gasteiger partial charge in [0, 0.05) is 30.9 Å². The molecule has 3 heterocycles. The number of allylic oxidation sites excluding steroid dienone is 2. The Morgan fingerprint density at radius 1 is 1.25 bits per heavy atom. The maximum Gasteiger partial charge on any atom is 0.291 e. The molecule has 0 unspecified atom stereocenters. The largest absolute Gasteiger partial charge is 0.342 e. The zero-order valence-corrected chi connectivity index (χ0v) is 21.6. The summed E-state index contributed by atoms with van der Waals surface area (Å²) in [5.74, 6) is 0.116. The first-order valence-corrected chi connectivity index (χ1v) is 12.5. The van der Waals surface area contributed by atoms with Gasteiger partial charge in [-0.15, -0.1) is 0 Å². The van der Waals surface area contributed by atoms with E-state index in [1.807, 2.05) is 42.1 Å². The van der Waals surface area contributed by atoms with Gasteiger partial charge < -0.3 is 20.1 Å². The van der Waals surface area contributed by atoms with Crippen LogP contribution in [0.15, 0.2) is 24.4 Å². The highest BCUT2D eigenvalue weighted by Gasteiger charge is 2.28. The van der Waals surface area contributed by atoms with Crippen LogP contribution in [-0.2, 0) is 4.79 Å². The van der Waals surface area contributed by atoms with Crippen LogP contribution in [0.3, 0.4) is 0 Å². The number of rotatable bonds is 6. The third-order valence-electron chi connectivity index (χ3n) is 7.07. The molecular formula is C27H35N7O2. The number of H-pyrrole nitrogens is 1. The maximum absolute atomic E-state index is 12.8. The summed E-state index contributed by atoms with van der Waals surface area (Å²) in [6.07, 6.45) is 8.29. The number of piperidine rings is 1. The number of carbonyl (C=O) groups excluding carboxylic acids is 2. The molecule has 2 aliphatic rings. The van der Waals surface area contributed by atoms with E-state index in [-0.39, 0.29) is 28.8 Å². The monoisotopic (exact) mass is 489 g/mol. The lowest BCUT2D eigenvalue weighted by Crippen LogP contribution is -2.42. The number of amides is 2. The Bertz CT molecular complexity index is 1200. The Kier molecular flexibility index (Phi) is 7.55. The summed E-state index contributed by atoms with van der Waals surface area (Å²) in [6.45, 7) is 6.41. The average Bonchev–Trinajstić information content (AvgIpc) is 3.34. The van der Waals surface area contributed by atoms with Crippen LogP contribution in [0, 0.1) is 16.7 Å². The van der Waals surface area contributed by atoms with Crippen molar-refractivity contribution in [3.8, 4) is 6.07 Å². The Hall–Kier alpha value is -3.51. The van der Waals surface area contributed by atoms with Crippen molar-refractivity contribution in [2.45, 2.75) is 51.9 Å². The van der Waals surface area contributed by atoms with Crippen LogP contribution in [0.4, 0.5) is 5.69 Å². The molecule has 1 aliphatic carbocycles. The summed E-state index contributed by atoms with van der Waals surface area (Å²) in [5.41, 5.74) is 4.00. The number of likely N-dealkylation sites (N-methyl/N-ethyl adjacent to an activating group) is 1. The van der Waals surface area contributed by atoms with Gasteiger partial charge in [-0.3, -0.25) is 14.6 Å². The lowest BCUT2D eigenvalue weighted by Gasteiger charge is -2.33. The second-order valence-corrected chi connectivity index (χ2v) is 10.8. The number of imidazole rings is 1. The summed E-state index contributed by atoms with van der Waals surface area (Å²) >= 11 is 0. The van der Waals surface area contributed by atoms with Gasteiger partial charge in [-0.05, 0) is 69.3 Å². The van der Waals surface area contributed by atoms with Crippen molar-refractivity contribution in [2.24, 2.45) is 5.41 Å². The molecule has 1 fully saturated rings. The van der Waals surface area contributed by atoms with Crippen LogP contribution in [0.5, 0.6) is 0 Å². The van der Waals surface area contributed by atoms with Crippen LogP contribution in [0.25, 0.3) is 5.57 Å². The fourth-order valence-electron chi connectivity index (χ4n) is 4.81. The zero-order valence-electron chi connectivity index (χ0n) is 21.6. The third-order valence-corrected chi connectivity index (χ3v) is 7.07. The molecule has 9 nitrogen and oxygen atoms in total. The van der Waals surface area contributed by atoms with Gasteiger partial charge in [0.05, 0.1) is 17.9 Å². The lowest BCUT2D eigenvalue weighted by atomic mass is 9.77. The van der Waals surface area contributed by atoms with E-state index in [1.165, 1.54) is 6.20 Å². The number of pyridine rings is 1. The number of hydrogen-bond acceptors (Lipinski definition) is 6. The number of nitrogens with one attached hydrogen (secondary N) is 2. The molecule has 0 saturated carbocycles. The summed E-state index contributed by atoms with van der Waals surface area (Å²) in [4.78, 5) is 41.0. The van der Waals surface area contributed by atoms with Crippen molar-refractivity contribution in [3.05, 3.63) is 47.3 Å². The molecule has 0 radical (unpaired) electrons. The van der Waals surface area contributed by atoms with Crippen molar-refractivity contribution in [1.82, 2.24) is 24.8 Å². The smallest absolute Gasteiger partial charge is 0.291 e. The molecule has 9 heteroatoms. The van der Waals surface area contributed by atoms with Gasteiger partial charge >= 0.3 is 0 Å². The standard InChI is InChI=1S/C27H35N7O2/c1-27(2)11-7-19(8-12-27)24-22(32-26(36)25-29-16-20(15-28)30-25)6-5-21(31-24)18-9-13-34(14-10-18)23(35)17-33(3)4/h5-7,16,18H,8-14,17H2,1-4H3,(H,29,30)(H,32,36). The molecule has 0 atom stereocenters. The Morgan fingerprint density at radius 2 is 2.00 bits per heavy atom. The number of carbonyl (C=O) groups is 2. The number of likely N-dealkylation sites (tertiary alicyclic amines) is 1. The average molecular weight is 490 g/mol. The summed E-state index contributed by atoms with van der Waals surface area (Å²) < 4.78 is 0. The highest BCUT2D eigenvalue weighted by Crippen LogP contribution is 2.40. The van der Waals surface area contributed by atoms with E-state index in [4.69, 9.17) is 10.2 Å². The van der Waals surface area contributed by atoms with E-state index in [0.717, 1.165) is 62.2 Å². The van der Waals surface area contributed by atoms with Crippen molar-refractivity contribution in [3.63, 3.8) is 0 Å². The second kappa shape index (κ2) is 10.6. The molecule has 2 aromatic rings. The highest BCUT2D eigenvalue weighted by molar-refractivity contribution is 6.03. The van der Waals surface area contributed by atoms with Crippen LogP contribution >= 0.6 is 0 Å². The van der Waals surface area contributed by atoms with E-state index in [1.54, 1.807) is 0 Å². The van der Waals surface area contributed by atoms with Crippen molar-refractivity contribution in [1.29, 1.82) is 5.26 Å². The third kappa shape index (κ3) is 6.00. The van der Waals surface area contributed by atoms with Gasteiger partial charge in [0.15, 0.2) is 11.5 Å². The number of aromatic amines is 1. The Labute approximate surface area is 212 Å². The molecule has 0 aromatic carbocycles. The van der Waals surface area contributed by atoms with Gasteiger partial charge in [-0.1, -0.05) is 19.9 Å². The molecule has 0 spiro atoms. The molecule has 0 bridgehead atoms. The maximum atomic E-state index is 12.8. The molecule has 2 amide bonds. The SMILES string of the molecule is CN(C)CC(=O)N1CCC(c2ccc(NC(=O)c3nc(C#N)c[nH]3)c(C3=CCC(C)(C)CC3)n2)CC1. The minimum atomic E-state index is -0.406. The first-order chi connectivity index (χ1) is 17.1. The molecule has 1 aliphatic heterocycles. The van der Waals surface area contributed by atoms with Crippen LogP contribution in [0.2, 0.25) is 0 Å². The zero-order chi connectivity index (χ0) is 25.9. The molecule has 36 heavy (non-hydrogen) atoms. The van der Waals surface area contributed by atoms with Crippen LogP contribution < -0.4 is 5.32 Å². The topological polar surface area (TPSA) is 118 Å². The van der Waals surface area contributed by atoms with E-state index in [2.05, 4.69) is 35.2 Å². The Balaban J connectivity index is 1.56. The molecule has 2 N–H and O–H groups in total. The predicted octanol–water partition coefficient (Wildman–Crippen LogP) is 3.79. The quantitative estimate of drug-likeness (QED) is 0.637. The van der Waals surface area contributed by atoms with Gasteiger partial charge in [0.25, 0.3) is 5.91 Å². The first-order valence-electron chi connectivity index (χ1n) is 12.5. The number of nitriles is 1. The normalized spacial score (nSPS) is 18.0. The summed E-state index contributed by atoms with van der Waals surface area (Å²) in [7, 11) is 3.82. The van der Waals surface area contributed by atoms with E-state index in [0.29, 0.717) is 12.2 Å². The van der Waals surface area contributed by atoms with Gasteiger partial charge in [0.2, 0.25) is 5.91 Å². The lowest BCUT2D eigenvalue weighted by molar-refractivity contribution is -0.132. The summed E-state index contributed by atoms with van der Waals surface area (Å²) in [6, 6.07) is 5.84. The van der Waals surface area contributed by atoms with Crippen molar-refractivity contribution >= 4 is 23.1 Å². The number of aromatic nitrogens is 3. The van der Waals surface area contributed by atoms with Crippen LogP contribution in [0.1, 0.15) is 79.6 Å². The highest BCUT2D eigenvalue weighted by atomic mass is 16.2. The minimum Gasteiger partial charge on any atom is -0.342 e. The van der Waals surface area contributed by atoms with Crippen molar-refractivity contribution < 1.29 is 9.59 Å². The molecule has 2 aromatic heterocycles. The minimum absolute atomic E-state index is 0.0927. The fourth-order valence-corrected chi connectivity index (χ4v) is 4.81. The number of nitrogens with zero attached hydrogens (tertiary/aromatic N) is 5.